The van der Waals surface area contributed by atoms with E-state index in [0.29, 0.717) is 0 Å². The second-order valence-corrected chi connectivity index (χ2v) is 6.81. The third-order valence-electron chi connectivity index (χ3n) is 4.63. The van der Waals surface area contributed by atoms with Gasteiger partial charge >= 0.3 is 23.3 Å². The largest absolute Gasteiger partial charge is 0.490 e. The Morgan fingerprint density at radius 2 is 1.14 bits per heavy atom. The number of nitrogens with zero attached hydrogens (tertiary/aromatic N) is 2. The van der Waals surface area contributed by atoms with Crippen LogP contribution in [0.15, 0.2) is 52.9 Å². The fraction of sp³-hybridized carbons (Fsp3) is 0.182. The molecule has 3 rings (SSSR count). The molecule has 2 aromatic carbocycles. The lowest BCUT2D eigenvalue weighted by Gasteiger charge is -2.06. The van der Waals surface area contributed by atoms with Crippen molar-refractivity contribution in [2.45, 2.75) is 13.2 Å². The highest BCUT2D eigenvalue weighted by atomic mass is 16.6. The first-order valence-corrected chi connectivity index (χ1v) is 9.80. The number of hydrogen-bond donors (Lipinski definition) is 0. The van der Waals surface area contributed by atoms with Crippen LogP contribution in [0.4, 0.5) is 11.4 Å². The first-order valence-electron chi connectivity index (χ1n) is 9.80. The Labute approximate surface area is 197 Å². The van der Waals surface area contributed by atoms with Crippen molar-refractivity contribution in [3.05, 3.63) is 91.4 Å². The molecule has 1 heterocycles. The van der Waals surface area contributed by atoms with Gasteiger partial charge in [0.15, 0.2) is 11.5 Å². The van der Waals surface area contributed by atoms with E-state index in [4.69, 9.17) is 23.4 Å². The molecule has 0 fully saturated rings. The zero-order valence-electron chi connectivity index (χ0n) is 18.4. The van der Waals surface area contributed by atoms with Gasteiger partial charge in [-0.15, -0.1) is 0 Å². The summed E-state index contributed by atoms with van der Waals surface area (Å²) in [6.45, 7) is -0.561. The lowest BCUT2D eigenvalue weighted by Crippen LogP contribution is -2.06. The molecule has 0 spiro atoms. The number of methoxy groups -OCH3 is 2. The van der Waals surface area contributed by atoms with E-state index in [0.717, 1.165) is 12.1 Å². The van der Waals surface area contributed by atoms with Crippen LogP contribution in [0, 0.1) is 20.2 Å². The monoisotopic (exact) mass is 486 g/mol. The van der Waals surface area contributed by atoms with Gasteiger partial charge in [0.1, 0.15) is 24.7 Å². The van der Waals surface area contributed by atoms with E-state index in [1.165, 1.54) is 50.6 Å². The standard InChI is InChI=1S/C22H18N2O11/c1-31-19-7-3-13(9-17(19)23(27)28)21(25)33-11-15-5-6-16(35-15)12-34-22(26)14-4-8-20(32-2)18(10-14)24(29)30/h3-10H,11-12H2,1-2H3. The molecule has 13 heteroatoms. The zero-order chi connectivity index (χ0) is 25.5. The van der Waals surface area contributed by atoms with Crippen LogP contribution in [0.5, 0.6) is 11.5 Å². The zero-order valence-corrected chi connectivity index (χ0v) is 18.4. The third-order valence-corrected chi connectivity index (χ3v) is 4.63. The molecule has 13 nitrogen and oxygen atoms in total. The molecule has 182 valence electrons. The summed E-state index contributed by atoms with van der Waals surface area (Å²) in [5, 5.41) is 22.2. The van der Waals surface area contributed by atoms with Crippen LogP contribution in [0.1, 0.15) is 32.2 Å². The van der Waals surface area contributed by atoms with Crippen molar-refractivity contribution in [1.82, 2.24) is 0 Å². The van der Waals surface area contributed by atoms with Crippen LogP contribution in [-0.4, -0.2) is 36.0 Å². The van der Waals surface area contributed by atoms with E-state index in [-0.39, 0.29) is 58.7 Å². The molecule has 0 aliphatic heterocycles. The highest BCUT2D eigenvalue weighted by molar-refractivity contribution is 5.91. The van der Waals surface area contributed by atoms with Crippen molar-refractivity contribution in [2.24, 2.45) is 0 Å². The molecule has 0 saturated heterocycles. The number of carbonyl (C=O) groups excluding carboxylic acids is 2. The van der Waals surface area contributed by atoms with Gasteiger partial charge in [-0.3, -0.25) is 20.2 Å². The summed E-state index contributed by atoms with van der Waals surface area (Å²) >= 11 is 0. The fourth-order valence-corrected chi connectivity index (χ4v) is 2.94. The molecule has 0 saturated carbocycles. The lowest BCUT2D eigenvalue weighted by molar-refractivity contribution is -0.385. The maximum atomic E-state index is 12.2. The van der Waals surface area contributed by atoms with Gasteiger partial charge < -0.3 is 23.4 Å². The van der Waals surface area contributed by atoms with Crippen molar-refractivity contribution in [2.75, 3.05) is 14.2 Å². The van der Waals surface area contributed by atoms with Gasteiger partial charge in [-0.05, 0) is 36.4 Å². The Hall–Kier alpha value is -4.94. The Balaban J connectivity index is 1.57. The predicted molar refractivity (Wildman–Crippen MR) is 116 cm³/mol. The molecule has 0 atom stereocenters. The van der Waals surface area contributed by atoms with Gasteiger partial charge in [0.25, 0.3) is 0 Å². The normalized spacial score (nSPS) is 10.3. The molecule has 3 aromatic rings. The number of hydrogen-bond acceptors (Lipinski definition) is 11. The molecule has 0 unspecified atom stereocenters. The summed E-state index contributed by atoms with van der Waals surface area (Å²) in [5.74, 6) is -1.18. The minimum atomic E-state index is -0.818. The summed E-state index contributed by atoms with van der Waals surface area (Å²) < 4.78 is 25.4. The first-order chi connectivity index (χ1) is 16.7. The molecule has 0 aliphatic rings. The number of esters is 2. The molecular weight excluding hydrogens is 468 g/mol. The van der Waals surface area contributed by atoms with Crippen molar-refractivity contribution >= 4 is 23.3 Å². The minimum absolute atomic E-state index is 0.000943. The van der Waals surface area contributed by atoms with E-state index in [2.05, 4.69) is 0 Å². The maximum Gasteiger partial charge on any atom is 0.338 e. The molecule has 1 aromatic heterocycles. The van der Waals surface area contributed by atoms with Crippen LogP contribution in [0.25, 0.3) is 0 Å². The topological polar surface area (TPSA) is 170 Å². The number of nitro benzene ring substituents is 2. The van der Waals surface area contributed by atoms with Crippen molar-refractivity contribution in [3.63, 3.8) is 0 Å². The highest BCUT2D eigenvalue weighted by Crippen LogP contribution is 2.29. The summed E-state index contributed by atoms with van der Waals surface area (Å²) in [5.41, 5.74) is -0.865. The molecular formula is C22H18N2O11. The fourth-order valence-electron chi connectivity index (χ4n) is 2.94. The SMILES string of the molecule is COc1ccc(C(=O)OCc2ccc(COC(=O)c3ccc(OC)c([N+](=O)[O-])c3)o2)cc1[N+](=O)[O-]. The average molecular weight is 486 g/mol. The minimum Gasteiger partial charge on any atom is -0.490 e. The van der Waals surface area contributed by atoms with E-state index >= 15 is 0 Å². The van der Waals surface area contributed by atoms with Gasteiger partial charge in [0, 0.05) is 12.1 Å². The van der Waals surface area contributed by atoms with E-state index in [1.54, 1.807) is 0 Å². The smallest absolute Gasteiger partial charge is 0.338 e. The molecule has 0 bridgehead atoms. The number of carbonyl (C=O) groups is 2. The number of benzene rings is 2. The van der Waals surface area contributed by atoms with Gasteiger partial charge in [-0.2, -0.15) is 0 Å². The average Bonchev–Trinajstić information content (AvgIpc) is 3.32. The van der Waals surface area contributed by atoms with E-state index in [9.17, 15) is 29.8 Å². The van der Waals surface area contributed by atoms with Crippen molar-refractivity contribution in [1.29, 1.82) is 0 Å². The summed E-state index contributed by atoms with van der Waals surface area (Å²) in [6.07, 6.45) is 0. The molecule has 0 aliphatic carbocycles. The van der Waals surface area contributed by atoms with Gasteiger partial charge in [0.05, 0.1) is 35.2 Å². The van der Waals surface area contributed by atoms with Crippen LogP contribution in [0.3, 0.4) is 0 Å². The second kappa shape index (κ2) is 10.8. The van der Waals surface area contributed by atoms with Crippen LogP contribution < -0.4 is 9.47 Å². The van der Waals surface area contributed by atoms with E-state index < -0.39 is 21.8 Å². The molecule has 0 radical (unpaired) electrons. The number of ether oxygens (including phenoxy) is 4. The Morgan fingerprint density at radius 3 is 1.49 bits per heavy atom. The number of nitro groups is 2. The molecule has 35 heavy (non-hydrogen) atoms. The summed E-state index contributed by atoms with van der Waals surface area (Å²) in [4.78, 5) is 45.3. The van der Waals surface area contributed by atoms with Crippen LogP contribution in [0.2, 0.25) is 0 Å². The van der Waals surface area contributed by atoms with Crippen LogP contribution >= 0.6 is 0 Å². The van der Waals surface area contributed by atoms with Crippen LogP contribution in [-0.2, 0) is 22.7 Å². The number of furan rings is 1. The van der Waals surface area contributed by atoms with Gasteiger partial charge in [-0.1, -0.05) is 0 Å². The molecule has 0 amide bonds. The third kappa shape index (κ3) is 5.90. The quantitative estimate of drug-likeness (QED) is 0.232. The van der Waals surface area contributed by atoms with Crippen molar-refractivity contribution < 1.29 is 42.8 Å². The Bertz CT molecular complexity index is 1190. The maximum absolute atomic E-state index is 12.2. The van der Waals surface area contributed by atoms with Gasteiger partial charge in [-0.25, -0.2) is 9.59 Å². The van der Waals surface area contributed by atoms with E-state index in [1.807, 2.05) is 0 Å². The first kappa shape index (κ1) is 24.7. The highest BCUT2D eigenvalue weighted by Gasteiger charge is 2.21. The van der Waals surface area contributed by atoms with Crippen molar-refractivity contribution in [3.8, 4) is 11.5 Å². The summed E-state index contributed by atoms with van der Waals surface area (Å²) in [7, 11) is 2.54. The molecule has 0 N–H and O–H groups in total. The lowest BCUT2D eigenvalue weighted by atomic mass is 10.2. The number of rotatable bonds is 10. The Kier molecular flexibility index (Phi) is 7.61. The van der Waals surface area contributed by atoms with Gasteiger partial charge in [0.2, 0.25) is 0 Å². The predicted octanol–water partition coefficient (Wildman–Crippen LogP) is 3.83. The Morgan fingerprint density at radius 1 is 0.743 bits per heavy atom. The second-order valence-electron chi connectivity index (χ2n) is 6.81. The summed E-state index contributed by atoms with van der Waals surface area (Å²) in [6, 6.07) is 10.3.